The molecule has 4 nitrogen and oxygen atoms in total. The monoisotopic (exact) mass is 281 g/mol. The van der Waals surface area contributed by atoms with Crippen molar-refractivity contribution >= 4 is 34.1 Å². The van der Waals surface area contributed by atoms with E-state index in [1.165, 1.54) is 16.2 Å². The van der Waals surface area contributed by atoms with Crippen LogP contribution in [0.15, 0.2) is 5.51 Å². The first-order valence-corrected chi connectivity index (χ1v) is 7.40. The molecule has 0 aromatic carbocycles. The predicted molar refractivity (Wildman–Crippen MR) is 75.8 cm³/mol. The lowest BCUT2D eigenvalue weighted by Gasteiger charge is -2.14. The second kappa shape index (κ2) is 5.58. The number of aldehydes is 1. The SMILES string of the molecule is CCc1nc(N(C)Cc2scnc2C)sc1C=O. The van der Waals surface area contributed by atoms with E-state index in [9.17, 15) is 4.79 Å². The molecule has 0 unspecified atom stereocenters. The fourth-order valence-electron chi connectivity index (χ4n) is 1.62. The zero-order valence-corrected chi connectivity index (χ0v) is 12.3. The Morgan fingerprint density at radius 1 is 1.50 bits per heavy atom. The molecule has 0 amide bonds. The number of hydrogen-bond acceptors (Lipinski definition) is 6. The summed E-state index contributed by atoms with van der Waals surface area (Å²) in [6.45, 7) is 4.81. The molecule has 0 saturated heterocycles. The smallest absolute Gasteiger partial charge is 0.186 e. The molecule has 2 aromatic rings. The first-order valence-electron chi connectivity index (χ1n) is 5.70. The third-order valence-electron chi connectivity index (χ3n) is 2.71. The molecule has 0 bridgehead atoms. The summed E-state index contributed by atoms with van der Waals surface area (Å²) in [6.07, 6.45) is 1.68. The average Bonchev–Trinajstić information content (AvgIpc) is 2.96. The second-order valence-corrected chi connectivity index (χ2v) is 5.94. The highest BCUT2D eigenvalue weighted by Gasteiger charge is 2.14. The van der Waals surface area contributed by atoms with Crippen LogP contribution in [0.25, 0.3) is 0 Å². The van der Waals surface area contributed by atoms with Crippen molar-refractivity contribution in [2.75, 3.05) is 11.9 Å². The van der Waals surface area contributed by atoms with Gasteiger partial charge in [0.2, 0.25) is 0 Å². The van der Waals surface area contributed by atoms with Gasteiger partial charge in [-0.05, 0) is 13.3 Å². The topological polar surface area (TPSA) is 46.1 Å². The molecule has 0 aliphatic rings. The number of hydrogen-bond donors (Lipinski definition) is 0. The fraction of sp³-hybridized carbons (Fsp3) is 0.417. The van der Waals surface area contributed by atoms with Crippen LogP contribution in [0.3, 0.4) is 0 Å². The van der Waals surface area contributed by atoms with Crippen LogP contribution in [0, 0.1) is 6.92 Å². The second-order valence-electron chi connectivity index (χ2n) is 4.00. The van der Waals surface area contributed by atoms with Crippen LogP contribution in [0.4, 0.5) is 5.13 Å². The third-order valence-corrected chi connectivity index (χ3v) is 4.77. The minimum atomic E-state index is 0.736. The van der Waals surface area contributed by atoms with E-state index in [1.54, 1.807) is 11.3 Å². The molecule has 2 heterocycles. The molecular formula is C12H15N3OS2. The van der Waals surface area contributed by atoms with Crippen molar-refractivity contribution in [2.24, 2.45) is 0 Å². The predicted octanol–water partition coefficient (Wildman–Crippen LogP) is 2.92. The van der Waals surface area contributed by atoms with Crippen molar-refractivity contribution in [2.45, 2.75) is 26.8 Å². The minimum Gasteiger partial charge on any atom is -0.346 e. The molecule has 0 radical (unpaired) electrons. The van der Waals surface area contributed by atoms with Gasteiger partial charge in [-0.25, -0.2) is 9.97 Å². The summed E-state index contributed by atoms with van der Waals surface area (Å²) in [6, 6.07) is 0. The van der Waals surface area contributed by atoms with Gasteiger partial charge in [-0.1, -0.05) is 18.3 Å². The lowest BCUT2D eigenvalue weighted by molar-refractivity contribution is 0.112. The molecule has 0 saturated carbocycles. The number of carbonyl (C=O) groups excluding carboxylic acids is 1. The first kappa shape index (κ1) is 13.2. The van der Waals surface area contributed by atoms with E-state index in [0.29, 0.717) is 0 Å². The number of rotatable bonds is 5. The summed E-state index contributed by atoms with van der Waals surface area (Å²) in [7, 11) is 1.99. The maximum Gasteiger partial charge on any atom is 0.186 e. The van der Waals surface area contributed by atoms with Crippen molar-refractivity contribution in [3.63, 3.8) is 0 Å². The highest BCUT2D eigenvalue weighted by Crippen LogP contribution is 2.26. The maximum absolute atomic E-state index is 10.9. The van der Waals surface area contributed by atoms with Crippen LogP contribution in [-0.4, -0.2) is 23.3 Å². The van der Waals surface area contributed by atoms with Crippen LogP contribution in [0.1, 0.15) is 32.9 Å². The Morgan fingerprint density at radius 2 is 2.28 bits per heavy atom. The quantitative estimate of drug-likeness (QED) is 0.791. The van der Waals surface area contributed by atoms with Gasteiger partial charge in [0.15, 0.2) is 11.4 Å². The summed E-state index contributed by atoms with van der Waals surface area (Å²) in [5.41, 5.74) is 3.81. The molecule has 6 heteroatoms. The Kier molecular flexibility index (Phi) is 4.08. The van der Waals surface area contributed by atoms with Gasteiger partial charge in [-0.15, -0.1) is 11.3 Å². The lowest BCUT2D eigenvalue weighted by atomic mass is 10.3. The van der Waals surface area contributed by atoms with E-state index in [1.807, 2.05) is 26.4 Å². The Labute approximate surface area is 114 Å². The van der Waals surface area contributed by atoms with Crippen LogP contribution in [0.5, 0.6) is 0 Å². The summed E-state index contributed by atoms with van der Waals surface area (Å²) in [5, 5.41) is 0.891. The van der Waals surface area contributed by atoms with E-state index in [0.717, 1.165) is 40.6 Å². The highest BCUT2D eigenvalue weighted by molar-refractivity contribution is 7.17. The van der Waals surface area contributed by atoms with E-state index < -0.39 is 0 Å². The number of nitrogens with zero attached hydrogens (tertiary/aromatic N) is 3. The molecule has 0 aliphatic heterocycles. The molecular weight excluding hydrogens is 266 g/mol. The highest BCUT2D eigenvalue weighted by atomic mass is 32.1. The number of aryl methyl sites for hydroxylation is 2. The van der Waals surface area contributed by atoms with Gasteiger partial charge in [0, 0.05) is 11.9 Å². The third kappa shape index (κ3) is 2.59. The van der Waals surface area contributed by atoms with E-state index in [4.69, 9.17) is 0 Å². The van der Waals surface area contributed by atoms with Crippen LogP contribution >= 0.6 is 22.7 Å². The molecule has 0 N–H and O–H groups in total. The van der Waals surface area contributed by atoms with Gasteiger partial charge in [0.1, 0.15) is 0 Å². The standard InChI is InChI=1S/C12H15N3OS2/c1-4-9-11(6-16)18-12(14-9)15(3)5-10-8(2)13-7-17-10/h6-7H,4-5H2,1-3H3. The van der Waals surface area contributed by atoms with E-state index in [2.05, 4.69) is 14.9 Å². The van der Waals surface area contributed by atoms with Gasteiger partial charge >= 0.3 is 0 Å². The van der Waals surface area contributed by atoms with Crippen molar-refractivity contribution in [3.8, 4) is 0 Å². The van der Waals surface area contributed by atoms with Crippen molar-refractivity contribution in [1.29, 1.82) is 0 Å². The number of anilines is 1. The van der Waals surface area contributed by atoms with Crippen molar-refractivity contribution in [1.82, 2.24) is 9.97 Å². The van der Waals surface area contributed by atoms with Gasteiger partial charge < -0.3 is 4.90 Å². The Hall–Kier alpha value is -1.27. The molecule has 0 atom stereocenters. The fourth-order valence-corrected chi connectivity index (χ4v) is 3.38. The zero-order chi connectivity index (χ0) is 13.1. The minimum absolute atomic E-state index is 0.736. The summed E-state index contributed by atoms with van der Waals surface area (Å²) in [5.74, 6) is 0. The molecule has 0 spiro atoms. The maximum atomic E-state index is 10.9. The summed E-state index contributed by atoms with van der Waals surface area (Å²) >= 11 is 3.10. The Balaban J connectivity index is 2.18. The summed E-state index contributed by atoms with van der Waals surface area (Å²) in [4.78, 5) is 23.7. The lowest BCUT2D eigenvalue weighted by Crippen LogP contribution is -2.15. The van der Waals surface area contributed by atoms with Crippen LogP contribution in [0.2, 0.25) is 0 Å². The summed E-state index contributed by atoms with van der Waals surface area (Å²) < 4.78 is 0. The molecule has 18 heavy (non-hydrogen) atoms. The largest absolute Gasteiger partial charge is 0.346 e. The molecule has 0 fully saturated rings. The number of thiazole rings is 2. The normalized spacial score (nSPS) is 10.6. The number of aromatic nitrogens is 2. The Morgan fingerprint density at radius 3 is 2.78 bits per heavy atom. The molecule has 2 aromatic heterocycles. The van der Waals surface area contributed by atoms with Gasteiger partial charge in [-0.3, -0.25) is 4.79 Å². The van der Waals surface area contributed by atoms with Gasteiger partial charge in [-0.2, -0.15) is 0 Å². The number of carbonyl (C=O) groups is 1. The molecule has 2 rings (SSSR count). The van der Waals surface area contributed by atoms with Gasteiger partial charge in [0.05, 0.1) is 28.3 Å². The van der Waals surface area contributed by atoms with E-state index in [-0.39, 0.29) is 0 Å². The Bertz CT molecular complexity index is 547. The zero-order valence-electron chi connectivity index (χ0n) is 10.6. The van der Waals surface area contributed by atoms with E-state index >= 15 is 0 Å². The van der Waals surface area contributed by atoms with Crippen molar-refractivity contribution in [3.05, 3.63) is 26.7 Å². The van der Waals surface area contributed by atoms with Crippen LogP contribution in [-0.2, 0) is 13.0 Å². The van der Waals surface area contributed by atoms with Crippen LogP contribution < -0.4 is 4.90 Å². The average molecular weight is 281 g/mol. The van der Waals surface area contributed by atoms with Crippen molar-refractivity contribution < 1.29 is 4.79 Å². The molecule has 96 valence electrons. The van der Waals surface area contributed by atoms with Gasteiger partial charge in [0.25, 0.3) is 0 Å². The first-order chi connectivity index (χ1) is 8.65. The molecule has 0 aliphatic carbocycles.